The Labute approximate surface area is 432 Å². The van der Waals surface area contributed by atoms with Crippen molar-refractivity contribution < 1.29 is 9.90 Å². The molecular weight excluding hydrogens is 925 g/mol. The number of anilines is 3. The van der Waals surface area contributed by atoms with Gasteiger partial charge in [0.1, 0.15) is 11.6 Å². The third-order valence-electron chi connectivity index (χ3n) is 15.2. The first-order chi connectivity index (χ1) is 34.7. The van der Waals surface area contributed by atoms with Crippen molar-refractivity contribution in [3.05, 3.63) is 178 Å². The van der Waals surface area contributed by atoms with Crippen LogP contribution in [0.1, 0.15) is 132 Å². The van der Waals surface area contributed by atoms with Crippen LogP contribution in [0.3, 0.4) is 0 Å². The third kappa shape index (κ3) is 8.94. The molecule has 3 aromatic heterocycles. The number of rotatable bonds is 20. The summed E-state index contributed by atoms with van der Waals surface area (Å²) < 4.78 is 0. The van der Waals surface area contributed by atoms with E-state index in [0.29, 0.717) is 0 Å². The van der Waals surface area contributed by atoms with E-state index >= 15 is 0 Å². The highest BCUT2D eigenvalue weighted by Gasteiger charge is 2.44. The molecule has 358 valence electrons. The zero-order valence-corrected chi connectivity index (χ0v) is 43.8. The summed E-state index contributed by atoms with van der Waals surface area (Å²) in [7, 11) is 0. The Morgan fingerprint density at radius 3 is 1.38 bits per heavy atom. The lowest BCUT2D eigenvalue weighted by atomic mass is 9.70. The molecule has 1 N–H and O–H groups in total. The van der Waals surface area contributed by atoms with E-state index in [2.05, 4.69) is 166 Å². The molecule has 8 aromatic rings. The Bertz CT molecular complexity index is 3150. The molecule has 0 amide bonds. The molecule has 0 saturated carbocycles. The Hall–Kier alpha value is -6.30. The first-order valence-corrected chi connectivity index (χ1v) is 28.3. The minimum Gasteiger partial charge on any atom is -0.477 e. The smallest absolute Gasteiger partial charge is 0.346 e. The summed E-state index contributed by atoms with van der Waals surface area (Å²) in [6, 6.07) is 57.0. The lowest BCUT2D eigenvalue weighted by Crippen LogP contribution is -2.26. The van der Waals surface area contributed by atoms with Crippen molar-refractivity contribution in [2.24, 2.45) is 0 Å². The van der Waals surface area contributed by atoms with E-state index in [1.807, 2.05) is 12.1 Å². The molecule has 71 heavy (non-hydrogen) atoms. The minimum atomic E-state index is -1.21. The van der Waals surface area contributed by atoms with Crippen molar-refractivity contribution in [2.45, 2.75) is 116 Å². The van der Waals surface area contributed by atoms with Crippen LogP contribution in [0.2, 0.25) is 0 Å². The number of carbonyl (C=O) groups is 1. The van der Waals surface area contributed by atoms with Gasteiger partial charge in [-0.1, -0.05) is 152 Å². The van der Waals surface area contributed by atoms with Crippen LogP contribution in [0.5, 0.6) is 0 Å². The van der Waals surface area contributed by atoms with E-state index in [0.717, 1.165) is 46.0 Å². The fourth-order valence-electron chi connectivity index (χ4n) is 11.7. The highest BCUT2D eigenvalue weighted by molar-refractivity contribution is 7.27. The van der Waals surface area contributed by atoms with Gasteiger partial charge in [-0.05, 0) is 155 Å². The summed E-state index contributed by atoms with van der Waals surface area (Å²) in [5, 5.41) is 18.6. The van der Waals surface area contributed by atoms with E-state index in [9.17, 15) is 15.2 Å². The maximum Gasteiger partial charge on any atom is 0.346 e. The summed E-state index contributed by atoms with van der Waals surface area (Å²) >= 11 is 5.03. The van der Waals surface area contributed by atoms with Crippen LogP contribution in [-0.2, 0) is 15.6 Å². The molecule has 0 bridgehead atoms. The number of nitrogens with zero attached hydrogens (tertiary/aromatic N) is 2. The zero-order valence-electron chi connectivity index (χ0n) is 41.4. The molecule has 2 aliphatic rings. The van der Waals surface area contributed by atoms with Crippen LogP contribution < -0.4 is 4.90 Å². The SMILES string of the molecule is CCCCC1(CCCC)c2ccccc2-c2ccc(N(c3ccc(-c4ccc(-c5ccc(-c6ccc(C=C(C#N)C(=O)O)s6)s5)s4)cc3)c3ccc4c(c3)C(CCCC)(CCCC)c3ccccc3-4)cc21. The second-order valence-electron chi connectivity index (χ2n) is 19.5. The van der Waals surface area contributed by atoms with E-state index in [-0.39, 0.29) is 16.4 Å². The molecule has 0 fully saturated rings. The van der Waals surface area contributed by atoms with Gasteiger partial charge >= 0.3 is 5.97 Å². The predicted octanol–water partition coefficient (Wildman–Crippen LogP) is 19.6. The van der Waals surface area contributed by atoms with E-state index in [4.69, 9.17) is 0 Å². The molecule has 0 spiro atoms. The van der Waals surface area contributed by atoms with E-state index < -0.39 is 5.97 Å². The van der Waals surface area contributed by atoms with Crippen molar-refractivity contribution in [1.82, 2.24) is 0 Å². The number of unbranched alkanes of at least 4 members (excludes halogenated alkanes) is 4. The number of fused-ring (bicyclic) bond motifs is 6. The maximum atomic E-state index is 11.4. The number of hydrogen-bond acceptors (Lipinski definition) is 6. The second kappa shape index (κ2) is 20.8. The molecular formula is C64H62N2O2S3. The lowest BCUT2D eigenvalue weighted by Gasteiger charge is -2.35. The van der Waals surface area contributed by atoms with Crippen molar-refractivity contribution >= 4 is 63.1 Å². The van der Waals surface area contributed by atoms with Gasteiger partial charge in [0.2, 0.25) is 0 Å². The van der Waals surface area contributed by atoms with Crippen LogP contribution in [0.15, 0.2) is 151 Å². The first-order valence-electron chi connectivity index (χ1n) is 25.8. The summed E-state index contributed by atoms with van der Waals surface area (Å²) in [4.78, 5) is 20.5. The molecule has 0 aliphatic heterocycles. The molecule has 0 atom stereocenters. The molecule has 5 aromatic carbocycles. The molecule has 2 aliphatic carbocycles. The van der Waals surface area contributed by atoms with Crippen LogP contribution >= 0.6 is 34.0 Å². The number of carboxylic acids is 1. The van der Waals surface area contributed by atoms with Crippen molar-refractivity contribution in [3.8, 4) is 58.3 Å². The number of carboxylic acid groups (broad SMARTS) is 1. The fraction of sp³-hybridized carbons (Fsp3) is 0.281. The average Bonchev–Trinajstić information content (AvgIpc) is 4.26. The molecule has 0 unspecified atom stereocenters. The molecule has 0 saturated heterocycles. The van der Waals surface area contributed by atoms with Crippen molar-refractivity contribution in [3.63, 3.8) is 0 Å². The minimum absolute atomic E-state index is 0.0210. The highest BCUT2D eigenvalue weighted by atomic mass is 32.1. The van der Waals surface area contributed by atoms with Gasteiger partial charge in [-0.25, -0.2) is 4.79 Å². The summed E-state index contributed by atoms with van der Waals surface area (Å²) in [6.07, 6.45) is 15.6. The number of thiophene rings is 3. The first kappa shape index (κ1) is 48.3. The number of hydrogen-bond donors (Lipinski definition) is 1. The molecule has 4 nitrogen and oxygen atoms in total. The van der Waals surface area contributed by atoms with Crippen LogP contribution in [0.25, 0.3) is 58.3 Å². The molecule has 7 heteroatoms. The number of nitriles is 1. The largest absolute Gasteiger partial charge is 0.477 e. The Balaban J connectivity index is 1.05. The average molecular weight is 987 g/mol. The van der Waals surface area contributed by atoms with Crippen molar-refractivity contribution in [2.75, 3.05) is 4.90 Å². The quantitative estimate of drug-likeness (QED) is 0.0610. The number of aliphatic carboxylic acids is 1. The summed E-state index contributed by atoms with van der Waals surface area (Å²) in [5.74, 6) is -1.21. The van der Waals surface area contributed by atoms with Crippen LogP contribution in [0, 0.1) is 11.3 Å². The Morgan fingerprint density at radius 2 is 0.915 bits per heavy atom. The second-order valence-corrected chi connectivity index (χ2v) is 22.8. The highest BCUT2D eigenvalue weighted by Crippen LogP contribution is 2.58. The van der Waals surface area contributed by atoms with E-state index in [1.54, 1.807) is 28.7 Å². The summed E-state index contributed by atoms with van der Waals surface area (Å²) in [6.45, 7) is 9.34. The van der Waals surface area contributed by atoms with Gasteiger partial charge in [0.25, 0.3) is 0 Å². The number of benzene rings is 5. The Kier molecular flexibility index (Phi) is 14.2. The van der Waals surface area contributed by atoms with Gasteiger partial charge in [-0.2, -0.15) is 5.26 Å². The lowest BCUT2D eigenvalue weighted by molar-refractivity contribution is -0.132. The normalized spacial score (nSPS) is 13.9. The standard InChI is InChI=1S/C64H62N2O2S3/c1-5-9-35-63(36-10-6-2)53-19-15-13-17-49(53)51-28-25-46(40-55(51)63)66(47-26-29-52-50-18-14-16-20-54(50)64(37-11-7-3,38-12-8-4)56(52)41-47)45-23-21-43(22-24-45)57-31-32-60(70-57)61-34-33-59(71-61)58-30-27-48(69-58)39-44(42-65)62(67)68/h13-34,39-41H,5-12,35-38H2,1-4H3,(H,67,68). The van der Waals surface area contributed by atoms with Gasteiger partial charge in [-0.3, -0.25) is 0 Å². The summed E-state index contributed by atoms with van der Waals surface area (Å²) in [5.41, 5.74) is 16.0. The molecule has 0 radical (unpaired) electrons. The topological polar surface area (TPSA) is 64.3 Å². The van der Waals surface area contributed by atoms with Crippen LogP contribution in [0.4, 0.5) is 17.1 Å². The van der Waals surface area contributed by atoms with Gasteiger partial charge < -0.3 is 10.0 Å². The fourth-order valence-corrected chi connectivity index (χ4v) is 14.9. The molecule has 10 rings (SSSR count). The van der Waals surface area contributed by atoms with Crippen LogP contribution in [-0.4, -0.2) is 11.1 Å². The van der Waals surface area contributed by atoms with Crippen molar-refractivity contribution in [1.29, 1.82) is 5.26 Å². The maximum absolute atomic E-state index is 11.4. The zero-order chi connectivity index (χ0) is 49.1. The predicted molar refractivity (Wildman–Crippen MR) is 303 cm³/mol. The van der Waals surface area contributed by atoms with Gasteiger partial charge in [-0.15, -0.1) is 34.0 Å². The monoisotopic (exact) mass is 986 g/mol. The third-order valence-corrected chi connectivity index (χ3v) is 18.9. The van der Waals surface area contributed by atoms with Gasteiger partial charge in [0.05, 0.1) is 0 Å². The van der Waals surface area contributed by atoms with E-state index in [1.165, 1.54) is 145 Å². The Morgan fingerprint density at radius 1 is 0.507 bits per heavy atom. The van der Waals surface area contributed by atoms with Gasteiger partial charge in [0, 0.05) is 57.2 Å². The van der Waals surface area contributed by atoms with Gasteiger partial charge in [0.15, 0.2) is 0 Å². The molecule has 3 heterocycles.